The number of amides is 1. The topological polar surface area (TPSA) is 108 Å². The van der Waals surface area contributed by atoms with E-state index in [0.717, 1.165) is 6.26 Å². The van der Waals surface area contributed by atoms with E-state index in [4.69, 9.17) is 0 Å². The van der Waals surface area contributed by atoms with Crippen LogP contribution in [0.2, 0.25) is 0 Å². The van der Waals surface area contributed by atoms with E-state index in [0.29, 0.717) is 59.9 Å². The van der Waals surface area contributed by atoms with Crippen LogP contribution < -0.4 is 4.90 Å². The minimum atomic E-state index is -3.66. The molecule has 0 radical (unpaired) electrons. The van der Waals surface area contributed by atoms with Gasteiger partial charge >= 0.3 is 0 Å². The second-order valence-electron chi connectivity index (χ2n) is 9.06. The average molecular weight is 603 g/mol. The maximum absolute atomic E-state index is 13.6. The summed E-state index contributed by atoms with van der Waals surface area (Å²) in [6, 6.07) is 10.9. The second kappa shape index (κ2) is 13.3. The number of para-hydroxylation sites is 1. The van der Waals surface area contributed by atoms with Gasteiger partial charge in [-0.05, 0) is 63.3 Å². The fraction of sp³-hybridized carbons (Fsp3) is 0.440. The summed E-state index contributed by atoms with van der Waals surface area (Å²) in [5, 5.41) is 0.381. The number of thiazole rings is 1. The number of sulfone groups is 1. The van der Waals surface area contributed by atoms with Gasteiger partial charge in [-0.2, -0.15) is 4.31 Å². The van der Waals surface area contributed by atoms with Gasteiger partial charge < -0.3 is 4.90 Å². The molecule has 1 aromatic heterocycles. The maximum Gasteiger partial charge on any atom is 0.260 e. The number of likely N-dealkylation sites (N-methyl/N-ethyl adjacent to an activating group) is 1. The van der Waals surface area contributed by atoms with E-state index in [2.05, 4.69) is 4.98 Å². The fourth-order valence-corrected chi connectivity index (χ4v) is 7.37. The van der Waals surface area contributed by atoms with Crippen molar-refractivity contribution in [2.45, 2.75) is 36.5 Å². The van der Waals surface area contributed by atoms with Crippen LogP contribution >= 0.6 is 23.7 Å². The van der Waals surface area contributed by atoms with Gasteiger partial charge in [0, 0.05) is 38.0 Å². The normalized spacial score (nSPS) is 12.2. The first kappa shape index (κ1) is 32.1. The number of anilines is 1. The number of halogens is 1. The fourth-order valence-electron chi connectivity index (χ4n) is 3.84. The summed E-state index contributed by atoms with van der Waals surface area (Å²) in [6.45, 7) is 5.60. The van der Waals surface area contributed by atoms with Crippen molar-refractivity contribution in [2.75, 3.05) is 51.4 Å². The Morgan fingerprint density at radius 1 is 0.895 bits per heavy atom. The molecule has 1 amide bonds. The van der Waals surface area contributed by atoms with E-state index < -0.39 is 19.9 Å². The minimum Gasteiger partial charge on any atom is -0.308 e. The van der Waals surface area contributed by atoms with Crippen LogP contribution in [-0.4, -0.2) is 83.5 Å². The Balaban J connectivity index is 0.00000507. The average Bonchev–Trinajstić information content (AvgIpc) is 3.27. The summed E-state index contributed by atoms with van der Waals surface area (Å²) in [5.41, 5.74) is 0.652. The highest BCUT2D eigenvalue weighted by atomic mass is 35.5. The summed E-state index contributed by atoms with van der Waals surface area (Å²) in [7, 11) is -3.39. The van der Waals surface area contributed by atoms with Crippen LogP contribution in [-0.2, 0) is 19.9 Å². The SMILES string of the molecule is CCCN(CCC)S(=O)(=O)c1ccc(C(=O)N(CCN(C)C)c2nc3c(S(C)(=O)=O)cccc3s2)cc1.Cl. The third-order valence-electron chi connectivity index (χ3n) is 5.70. The molecule has 1 heterocycles. The van der Waals surface area contributed by atoms with Gasteiger partial charge in [0.2, 0.25) is 10.0 Å². The highest BCUT2D eigenvalue weighted by Gasteiger charge is 2.26. The van der Waals surface area contributed by atoms with Crippen molar-refractivity contribution in [2.24, 2.45) is 0 Å². The molecule has 2 aromatic carbocycles. The van der Waals surface area contributed by atoms with Crippen LogP contribution in [0.15, 0.2) is 52.3 Å². The summed E-state index contributed by atoms with van der Waals surface area (Å²) in [5.74, 6) is -0.343. The zero-order valence-electron chi connectivity index (χ0n) is 22.2. The molecule has 13 heteroatoms. The van der Waals surface area contributed by atoms with Crippen molar-refractivity contribution in [1.29, 1.82) is 0 Å². The zero-order valence-corrected chi connectivity index (χ0v) is 25.5. The second-order valence-corrected chi connectivity index (χ2v) is 14.0. The molecule has 0 saturated heterocycles. The molecular formula is C25H35ClN4O5S3. The monoisotopic (exact) mass is 602 g/mol. The Kier molecular flexibility index (Phi) is 11.3. The maximum atomic E-state index is 13.6. The van der Waals surface area contributed by atoms with Crippen molar-refractivity contribution >= 4 is 64.9 Å². The number of rotatable bonds is 12. The van der Waals surface area contributed by atoms with Gasteiger partial charge in [-0.25, -0.2) is 21.8 Å². The number of fused-ring (bicyclic) bond motifs is 1. The molecule has 0 aliphatic carbocycles. The highest BCUT2D eigenvalue weighted by Crippen LogP contribution is 2.33. The molecule has 0 aliphatic rings. The summed E-state index contributed by atoms with van der Waals surface area (Å²) in [4.78, 5) is 21.9. The molecule has 0 fully saturated rings. The number of sulfonamides is 1. The van der Waals surface area contributed by atoms with Crippen LogP contribution in [0.4, 0.5) is 5.13 Å². The molecule has 38 heavy (non-hydrogen) atoms. The van der Waals surface area contributed by atoms with Crippen LogP contribution in [0.3, 0.4) is 0 Å². The lowest BCUT2D eigenvalue weighted by Crippen LogP contribution is -2.37. The molecule has 0 aliphatic heterocycles. The van der Waals surface area contributed by atoms with Crippen molar-refractivity contribution < 1.29 is 21.6 Å². The predicted octanol–water partition coefficient (Wildman–Crippen LogP) is 4.14. The predicted molar refractivity (Wildman–Crippen MR) is 156 cm³/mol. The van der Waals surface area contributed by atoms with E-state index in [1.807, 2.05) is 32.8 Å². The van der Waals surface area contributed by atoms with Crippen molar-refractivity contribution in [1.82, 2.24) is 14.2 Å². The number of nitrogens with zero attached hydrogens (tertiary/aromatic N) is 4. The Morgan fingerprint density at radius 2 is 1.50 bits per heavy atom. The molecule has 0 N–H and O–H groups in total. The highest BCUT2D eigenvalue weighted by molar-refractivity contribution is 7.91. The lowest BCUT2D eigenvalue weighted by molar-refractivity contribution is 0.0985. The Labute approximate surface area is 235 Å². The lowest BCUT2D eigenvalue weighted by Gasteiger charge is -2.23. The molecule has 0 spiro atoms. The van der Waals surface area contributed by atoms with Gasteiger partial charge in [0.1, 0.15) is 5.52 Å². The first-order valence-corrected chi connectivity index (χ1v) is 16.2. The van der Waals surface area contributed by atoms with E-state index in [9.17, 15) is 21.6 Å². The molecule has 0 saturated carbocycles. The molecule has 210 valence electrons. The first-order chi connectivity index (χ1) is 17.4. The zero-order chi connectivity index (χ0) is 27.4. The molecular weight excluding hydrogens is 568 g/mol. The van der Waals surface area contributed by atoms with Crippen LogP contribution in [0, 0.1) is 0 Å². The van der Waals surface area contributed by atoms with Crippen LogP contribution in [0.1, 0.15) is 37.0 Å². The van der Waals surface area contributed by atoms with E-state index in [-0.39, 0.29) is 28.1 Å². The third-order valence-corrected chi connectivity index (χ3v) is 9.79. The number of aromatic nitrogens is 1. The third kappa shape index (κ3) is 7.30. The van der Waals surface area contributed by atoms with Gasteiger partial charge in [0.25, 0.3) is 5.91 Å². The van der Waals surface area contributed by atoms with Crippen molar-refractivity contribution in [3.63, 3.8) is 0 Å². The van der Waals surface area contributed by atoms with E-state index >= 15 is 0 Å². The number of benzene rings is 2. The molecule has 0 bridgehead atoms. The Hall–Kier alpha value is -2.09. The molecule has 0 atom stereocenters. The molecule has 3 rings (SSSR count). The Bertz CT molecular complexity index is 1450. The van der Waals surface area contributed by atoms with Crippen LogP contribution in [0.5, 0.6) is 0 Å². The molecule has 9 nitrogen and oxygen atoms in total. The van der Waals surface area contributed by atoms with Crippen molar-refractivity contribution in [3.05, 3.63) is 48.0 Å². The lowest BCUT2D eigenvalue weighted by atomic mass is 10.2. The first-order valence-electron chi connectivity index (χ1n) is 12.1. The van der Waals surface area contributed by atoms with Crippen LogP contribution in [0.25, 0.3) is 10.2 Å². The Morgan fingerprint density at radius 3 is 2.03 bits per heavy atom. The number of hydrogen-bond donors (Lipinski definition) is 0. The van der Waals surface area contributed by atoms with E-state index in [1.54, 1.807) is 12.1 Å². The molecule has 0 unspecified atom stereocenters. The standard InChI is InChI=1S/C25H34N4O5S3.ClH/c1-6-15-28(16-7-2)37(33,34)20-13-11-19(12-14-20)24(30)29(18-17-27(3)4)25-26-23-21(35-25)9-8-10-22(23)36(5,31)32;/h8-14H,6-7,15-18H2,1-5H3;1H. The molecule has 3 aromatic rings. The summed E-state index contributed by atoms with van der Waals surface area (Å²) >= 11 is 1.24. The largest absolute Gasteiger partial charge is 0.308 e. The van der Waals surface area contributed by atoms with Gasteiger partial charge in [0.15, 0.2) is 15.0 Å². The summed E-state index contributed by atoms with van der Waals surface area (Å²) < 4.78 is 52.9. The van der Waals surface area contributed by atoms with Crippen molar-refractivity contribution in [3.8, 4) is 0 Å². The van der Waals surface area contributed by atoms with E-state index in [1.165, 1.54) is 50.9 Å². The van der Waals surface area contributed by atoms with Gasteiger partial charge in [0.05, 0.1) is 14.5 Å². The van der Waals surface area contributed by atoms with Gasteiger partial charge in [-0.3, -0.25) is 9.69 Å². The summed E-state index contributed by atoms with van der Waals surface area (Å²) in [6.07, 6.45) is 2.55. The minimum absolute atomic E-state index is 0. The van der Waals surface area contributed by atoms with Gasteiger partial charge in [-0.15, -0.1) is 12.4 Å². The smallest absolute Gasteiger partial charge is 0.260 e. The van der Waals surface area contributed by atoms with Gasteiger partial charge in [-0.1, -0.05) is 31.3 Å². The number of carbonyl (C=O) groups is 1. The quantitative estimate of drug-likeness (QED) is 0.306. The number of hydrogen-bond acceptors (Lipinski definition) is 8. The number of carbonyl (C=O) groups excluding carboxylic acids is 1.